The molecule has 1 saturated carbocycles. The van der Waals surface area contributed by atoms with E-state index in [1.54, 1.807) is 19.1 Å². The Labute approximate surface area is 301 Å². The molecule has 2 aliphatic heterocycles. The third-order valence-electron chi connectivity index (χ3n) is 8.77. The van der Waals surface area contributed by atoms with Crippen LogP contribution in [-0.4, -0.2) is 75.8 Å². The van der Waals surface area contributed by atoms with Crippen LogP contribution < -0.4 is 14.4 Å². The summed E-state index contributed by atoms with van der Waals surface area (Å²) in [6.07, 6.45) is 6.53. The van der Waals surface area contributed by atoms with Gasteiger partial charge in [0.2, 0.25) is 10.0 Å². The van der Waals surface area contributed by atoms with Gasteiger partial charge in [-0.1, -0.05) is 48.0 Å². The standard InChI is InChI=1S/C35H41Cl2F2N3O7S/c1-3-27(36)26(28(37)4-2)20-31(24-10-12-30(49-35(38)39)32(19-24)47-22-23-8-9-23)48-34(43)29-7-5-6-14-42(29)50(44,45)25-11-13-33(40-21-25)41-15-17-46-18-16-41/h3-4,10-13,19,21,23,29,31,35H,1,5-9,14-18,20,22H2,2H3/b27-26+,28-4+/t29-,31-/m0/s1. The number of allylic oxidation sites excluding steroid dienone is 4. The van der Waals surface area contributed by atoms with E-state index in [2.05, 4.69) is 11.6 Å². The van der Waals surface area contributed by atoms with Gasteiger partial charge in [0.25, 0.3) is 0 Å². The fourth-order valence-electron chi connectivity index (χ4n) is 5.83. The number of halogens is 4. The molecule has 1 aromatic carbocycles. The number of anilines is 1. The molecule has 3 fully saturated rings. The molecule has 2 saturated heterocycles. The predicted molar refractivity (Wildman–Crippen MR) is 186 cm³/mol. The second kappa shape index (κ2) is 17.3. The summed E-state index contributed by atoms with van der Waals surface area (Å²) in [5.41, 5.74) is 0.794. The zero-order chi connectivity index (χ0) is 35.8. The number of morpholine rings is 1. The zero-order valence-corrected chi connectivity index (χ0v) is 30.1. The molecule has 3 heterocycles. The molecule has 0 bridgehead atoms. The summed E-state index contributed by atoms with van der Waals surface area (Å²) in [5.74, 6) is 0.0556. The number of carbonyl (C=O) groups excluding carboxylic acids is 1. The van der Waals surface area contributed by atoms with E-state index < -0.39 is 34.7 Å². The van der Waals surface area contributed by atoms with E-state index in [9.17, 15) is 22.0 Å². The van der Waals surface area contributed by atoms with E-state index in [4.69, 9.17) is 42.1 Å². The van der Waals surface area contributed by atoms with Gasteiger partial charge >= 0.3 is 12.6 Å². The molecule has 3 aliphatic rings. The molecule has 1 aliphatic carbocycles. The molecular weight excluding hydrogens is 715 g/mol. The Kier molecular flexibility index (Phi) is 13.2. The number of esters is 1. The molecule has 50 heavy (non-hydrogen) atoms. The SMILES string of the molecule is C=C/C(Cl)=C(C[C@H](OC(=O)[C@@H]1CCCCN1S(=O)(=O)c1ccc(N2CCOCC2)nc1)c1ccc(OC(F)F)c(OCC2CC2)c1)\C(Cl)=C/C. The maximum Gasteiger partial charge on any atom is 0.387 e. The number of sulfonamides is 1. The normalized spacial score (nSPS) is 20.2. The lowest BCUT2D eigenvalue weighted by Crippen LogP contribution is -2.48. The maximum atomic E-state index is 14.1. The second-order valence-corrected chi connectivity index (χ2v) is 14.9. The van der Waals surface area contributed by atoms with Gasteiger partial charge in [-0.05, 0) is 80.3 Å². The monoisotopic (exact) mass is 755 g/mol. The van der Waals surface area contributed by atoms with Crippen LogP contribution in [0.5, 0.6) is 11.5 Å². The number of alkyl halides is 2. The van der Waals surface area contributed by atoms with Crippen LogP contribution in [0.15, 0.2) is 75.8 Å². The average Bonchev–Trinajstić information content (AvgIpc) is 3.97. The maximum absolute atomic E-state index is 14.1. The summed E-state index contributed by atoms with van der Waals surface area (Å²) in [4.78, 5) is 20.4. The minimum atomic E-state index is -4.15. The number of hydrogen-bond donors (Lipinski definition) is 0. The first-order valence-electron chi connectivity index (χ1n) is 16.6. The van der Waals surface area contributed by atoms with Gasteiger partial charge in [-0.15, -0.1) is 0 Å². The van der Waals surface area contributed by atoms with E-state index >= 15 is 0 Å². The van der Waals surface area contributed by atoms with Crippen molar-refractivity contribution in [1.29, 1.82) is 0 Å². The van der Waals surface area contributed by atoms with Crippen LogP contribution in [-0.2, 0) is 24.3 Å². The third kappa shape index (κ3) is 9.55. The number of pyridine rings is 1. The smallest absolute Gasteiger partial charge is 0.387 e. The fourth-order valence-corrected chi connectivity index (χ4v) is 7.83. The minimum absolute atomic E-state index is 0.0384. The number of rotatable bonds is 15. The Hall–Kier alpha value is -3.23. The summed E-state index contributed by atoms with van der Waals surface area (Å²) in [5, 5.41) is 0.501. The van der Waals surface area contributed by atoms with E-state index in [1.807, 2.05) is 4.90 Å². The molecule has 0 radical (unpaired) electrons. The number of nitrogens with zero attached hydrogens (tertiary/aromatic N) is 3. The van der Waals surface area contributed by atoms with E-state index in [0.29, 0.717) is 68.6 Å². The molecular formula is C35H41Cl2F2N3O7S. The molecule has 0 spiro atoms. The van der Waals surface area contributed by atoms with Gasteiger partial charge in [-0.2, -0.15) is 13.1 Å². The molecule has 272 valence electrons. The van der Waals surface area contributed by atoms with E-state index in [0.717, 1.165) is 17.1 Å². The number of carbonyl (C=O) groups is 1. The molecule has 15 heteroatoms. The van der Waals surface area contributed by atoms with Gasteiger partial charge in [0.1, 0.15) is 22.9 Å². The second-order valence-electron chi connectivity index (χ2n) is 12.2. The first-order valence-corrected chi connectivity index (χ1v) is 18.8. The summed E-state index contributed by atoms with van der Waals surface area (Å²) < 4.78 is 77.8. The highest BCUT2D eigenvalue weighted by Gasteiger charge is 2.40. The highest BCUT2D eigenvalue weighted by molar-refractivity contribution is 7.89. The lowest BCUT2D eigenvalue weighted by atomic mass is 9.99. The molecule has 5 rings (SSSR count). The largest absolute Gasteiger partial charge is 0.489 e. The van der Waals surface area contributed by atoms with Crippen molar-refractivity contribution < 1.29 is 40.9 Å². The van der Waals surface area contributed by atoms with Crippen LogP contribution in [0.1, 0.15) is 57.1 Å². The Bertz CT molecular complexity index is 1680. The van der Waals surface area contributed by atoms with E-state index in [1.165, 1.54) is 36.5 Å². The first-order chi connectivity index (χ1) is 24.0. The van der Waals surface area contributed by atoms with Crippen molar-refractivity contribution in [3.63, 3.8) is 0 Å². The van der Waals surface area contributed by atoms with Gasteiger partial charge in [0.05, 0.1) is 19.8 Å². The fraction of sp³-hybridized carbons (Fsp3) is 0.486. The molecule has 2 aromatic rings. The third-order valence-corrected chi connectivity index (χ3v) is 11.5. The summed E-state index contributed by atoms with van der Waals surface area (Å²) in [6, 6.07) is 6.30. The van der Waals surface area contributed by atoms with Crippen molar-refractivity contribution in [3.05, 3.63) is 76.5 Å². The lowest BCUT2D eigenvalue weighted by molar-refractivity contribution is -0.155. The van der Waals surface area contributed by atoms with Crippen LogP contribution >= 0.6 is 23.2 Å². The zero-order valence-electron chi connectivity index (χ0n) is 27.7. The quantitative estimate of drug-likeness (QED) is 0.136. The van der Waals surface area contributed by atoms with Crippen LogP contribution in [0.3, 0.4) is 0 Å². The van der Waals surface area contributed by atoms with Crippen molar-refractivity contribution in [1.82, 2.24) is 9.29 Å². The van der Waals surface area contributed by atoms with Gasteiger partial charge < -0.3 is 23.8 Å². The molecule has 2 atom stereocenters. The lowest BCUT2D eigenvalue weighted by Gasteiger charge is -2.34. The van der Waals surface area contributed by atoms with Crippen molar-refractivity contribution in [3.8, 4) is 11.5 Å². The highest BCUT2D eigenvalue weighted by atomic mass is 35.5. The van der Waals surface area contributed by atoms with Crippen LogP contribution in [0, 0.1) is 5.92 Å². The molecule has 10 nitrogen and oxygen atoms in total. The van der Waals surface area contributed by atoms with Gasteiger partial charge in [0.15, 0.2) is 11.5 Å². The Morgan fingerprint density at radius 1 is 1.10 bits per heavy atom. The van der Waals surface area contributed by atoms with Crippen LogP contribution in [0.25, 0.3) is 0 Å². The highest BCUT2D eigenvalue weighted by Crippen LogP contribution is 2.40. The number of hydrogen-bond acceptors (Lipinski definition) is 9. The Morgan fingerprint density at radius 3 is 2.50 bits per heavy atom. The van der Waals surface area contributed by atoms with E-state index in [-0.39, 0.29) is 45.8 Å². The topological polar surface area (TPSA) is 108 Å². The van der Waals surface area contributed by atoms with Gasteiger partial charge in [-0.25, -0.2) is 13.4 Å². The minimum Gasteiger partial charge on any atom is -0.489 e. The van der Waals surface area contributed by atoms with Crippen LogP contribution in [0.4, 0.5) is 14.6 Å². The number of ether oxygens (including phenoxy) is 4. The molecule has 0 N–H and O–H groups in total. The van der Waals surface area contributed by atoms with Gasteiger partial charge in [0, 0.05) is 42.3 Å². The van der Waals surface area contributed by atoms with Gasteiger partial charge in [-0.3, -0.25) is 4.79 Å². The van der Waals surface area contributed by atoms with Crippen molar-refractivity contribution in [2.45, 2.75) is 69.1 Å². The van der Waals surface area contributed by atoms with Crippen molar-refractivity contribution >= 4 is 45.0 Å². The Morgan fingerprint density at radius 2 is 1.86 bits per heavy atom. The van der Waals surface area contributed by atoms with Crippen LogP contribution in [0.2, 0.25) is 0 Å². The average molecular weight is 757 g/mol. The number of aromatic nitrogens is 1. The Balaban J connectivity index is 1.45. The van der Waals surface area contributed by atoms with Crippen molar-refractivity contribution in [2.75, 3.05) is 44.4 Å². The molecule has 1 aromatic heterocycles. The molecule has 0 unspecified atom stereocenters. The van der Waals surface area contributed by atoms with Crippen molar-refractivity contribution in [2.24, 2.45) is 5.92 Å². The predicted octanol–water partition coefficient (Wildman–Crippen LogP) is 7.35. The molecule has 0 amide bonds. The summed E-state index contributed by atoms with van der Waals surface area (Å²) in [7, 11) is -4.15. The summed E-state index contributed by atoms with van der Waals surface area (Å²) >= 11 is 13.0. The number of benzene rings is 1. The number of piperidine rings is 1. The summed E-state index contributed by atoms with van der Waals surface area (Å²) in [6.45, 7) is 5.17. The first kappa shape index (κ1) is 38.0.